The maximum absolute atomic E-state index is 13.8. The smallest absolute Gasteiger partial charge is 0.129 e. The number of benzene rings is 1. The van der Waals surface area contributed by atoms with Crippen molar-refractivity contribution in [3.05, 3.63) is 53.7 Å². The fraction of sp³-hybridized carbons (Fsp3) is 0.500. The fourth-order valence-electron chi connectivity index (χ4n) is 4.00. The molecular weight excluding hydrogens is 331 g/mol. The summed E-state index contributed by atoms with van der Waals surface area (Å²) in [6.07, 6.45) is 5.31. The largest absolute Gasteiger partial charge is 0.381 e. The lowest BCUT2D eigenvalue weighted by Crippen LogP contribution is -2.40. The summed E-state index contributed by atoms with van der Waals surface area (Å²) >= 11 is 0. The molecule has 0 unspecified atom stereocenters. The van der Waals surface area contributed by atoms with E-state index in [1.54, 1.807) is 18.5 Å². The quantitative estimate of drug-likeness (QED) is 0.862. The lowest BCUT2D eigenvalue weighted by atomic mass is 9.74. The van der Waals surface area contributed by atoms with E-state index in [1.165, 1.54) is 6.07 Å². The van der Waals surface area contributed by atoms with Gasteiger partial charge in [-0.15, -0.1) is 0 Å². The number of nitrogens with one attached hydrogen (secondary N) is 1. The Balaban J connectivity index is 1.51. The Morgan fingerprint density at radius 3 is 2.73 bits per heavy atom. The lowest BCUT2D eigenvalue weighted by Gasteiger charge is -2.38. The highest BCUT2D eigenvalue weighted by Crippen LogP contribution is 2.37. The van der Waals surface area contributed by atoms with Gasteiger partial charge in [0.1, 0.15) is 18.0 Å². The standard InChI is InChI=1S/C20H25FN4O/c21-16-3-1-2-15(10-16)20(4-6-26-7-5-20)12-23-19-11-18(24-13-25-19)14-8-17(22)9-14/h1-3,10-11,13-14,17H,4-9,12,22H2,(H,23,24,25). The molecule has 1 aromatic heterocycles. The zero-order valence-electron chi connectivity index (χ0n) is 14.8. The summed E-state index contributed by atoms with van der Waals surface area (Å²) in [5.74, 6) is 1.06. The molecular formula is C20H25FN4O. The van der Waals surface area contributed by atoms with E-state index in [0.717, 1.165) is 42.8 Å². The van der Waals surface area contributed by atoms with Crippen molar-refractivity contribution < 1.29 is 9.13 Å². The first kappa shape index (κ1) is 17.4. The van der Waals surface area contributed by atoms with Gasteiger partial charge in [0.15, 0.2) is 0 Å². The van der Waals surface area contributed by atoms with E-state index >= 15 is 0 Å². The van der Waals surface area contributed by atoms with Crippen LogP contribution in [-0.2, 0) is 10.2 Å². The molecule has 138 valence electrons. The van der Waals surface area contributed by atoms with E-state index in [0.29, 0.717) is 31.7 Å². The summed E-state index contributed by atoms with van der Waals surface area (Å²) < 4.78 is 19.3. The Morgan fingerprint density at radius 1 is 1.19 bits per heavy atom. The number of ether oxygens (including phenoxy) is 1. The van der Waals surface area contributed by atoms with Crippen LogP contribution >= 0.6 is 0 Å². The van der Waals surface area contributed by atoms with Gasteiger partial charge >= 0.3 is 0 Å². The predicted octanol–water partition coefficient (Wildman–Crippen LogP) is 2.98. The molecule has 0 bridgehead atoms. The van der Waals surface area contributed by atoms with E-state index < -0.39 is 0 Å². The van der Waals surface area contributed by atoms with Crippen molar-refractivity contribution in [1.82, 2.24) is 9.97 Å². The second-order valence-corrected chi connectivity index (χ2v) is 7.51. The highest BCUT2D eigenvalue weighted by Gasteiger charge is 2.35. The molecule has 1 saturated carbocycles. The van der Waals surface area contributed by atoms with Crippen LogP contribution < -0.4 is 11.1 Å². The SMILES string of the molecule is NC1CC(c2cc(NCC3(c4cccc(F)c4)CCOCC3)ncn2)C1. The number of halogens is 1. The van der Waals surface area contributed by atoms with E-state index in [4.69, 9.17) is 10.5 Å². The summed E-state index contributed by atoms with van der Waals surface area (Å²) in [6.45, 7) is 2.07. The highest BCUT2D eigenvalue weighted by atomic mass is 19.1. The van der Waals surface area contributed by atoms with Gasteiger partial charge in [-0.2, -0.15) is 0 Å². The van der Waals surface area contributed by atoms with Crippen molar-refractivity contribution in [3.63, 3.8) is 0 Å². The molecule has 0 radical (unpaired) electrons. The molecule has 0 spiro atoms. The van der Waals surface area contributed by atoms with Gasteiger partial charge in [0.05, 0.1) is 0 Å². The van der Waals surface area contributed by atoms with Crippen LogP contribution in [0.1, 0.15) is 42.9 Å². The molecule has 26 heavy (non-hydrogen) atoms. The van der Waals surface area contributed by atoms with Gasteiger partial charge in [-0.1, -0.05) is 12.1 Å². The molecule has 0 amide bonds. The van der Waals surface area contributed by atoms with E-state index in [-0.39, 0.29) is 11.2 Å². The first-order chi connectivity index (χ1) is 12.6. The molecule has 6 heteroatoms. The maximum atomic E-state index is 13.8. The number of rotatable bonds is 5. The van der Waals surface area contributed by atoms with Crippen LogP contribution in [0.15, 0.2) is 36.7 Å². The fourth-order valence-corrected chi connectivity index (χ4v) is 4.00. The van der Waals surface area contributed by atoms with Crippen LogP contribution in [-0.4, -0.2) is 35.8 Å². The third-order valence-corrected chi connectivity index (χ3v) is 5.78. The minimum atomic E-state index is -0.195. The van der Waals surface area contributed by atoms with Crippen molar-refractivity contribution in [2.45, 2.75) is 43.1 Å². The number of hydrogen-bond acceptors (Lipinski definition) is 5. The van der Waals surface area contributed by atoms with Crippen molar-refractivity contribution in [2.24, 2.45) is 5.73 Å². The summed E-state index contributed by atoms with van der Waals surface area (Å²) in [4.78, 5) is 8.77. The van der Waals surface area contributed by atoms with E-state index in [9.17, 15) is 4.39 Å². The monoisotopic (exact) mass is 356 g/mol. The molecule has 2 fully saturated rings. The van der Waals surface area contributed by atoms with Crippen molar-refractivity contribution in [3.8, 4) is 0 Å². The van der Waals surface area contributed by atoms with Crippen molar-refractivity contribution in [2.75, 3.05) is 25.1 Å². The molecule has 2 aromatic rings. The predicted molar refractivity (Wildman–Crippen MR) is 98.6 cm³/mol. The third kappa shape index (κ3) is 3.57. The number of hydrogen-bond donors (Lipinski definition) is 2. The van der Waals surface area contributed by atoms with Crippen LogP contribution in [0.4, 0.5) is 10.2 Å². The third-order valence-electron chi connectivity index (χ3n) is 5.78. The maximum Gasteiger partial charge on any atom is 0.129 e. The zero-order valence-corrected chi connectivity index (χ0v) is 14.8. The molecule has 0 atom stereocenters. The summed E-state index contributed by atoms with van der Waals surface area (Å²) in [6, 6.07) is 9.25. The molecule has 2 heterocycles. The molecule has 2 aliphatic rings. The van der Waals surface area contributed by atoms with Gasteiger partial charge in [0, 0.05) is 48.9 Å². The molecule has 5 nitrogen and oxygen atoms in total. The van der Waals surface area contributed by atoms with Gasteiger partial charge in [-0.05, 0) is 43.4 Å². The van der Waals surface area contributed by atoms with Crippen molar-refractivity contribution >= 4 is 5.82 Å². The summed E-state index contributed by atoms with van der Waals surface area (Å²) in [7, 11) is 0. The summed E-state index contributed by atoms with van der Waals surface area (Å²) in [5.41, 5.74) is 7.82. The highest BCUT2D eigenvalue weighted by molar-refractivity contribution is 5.39. The minimum absolute atomic E-state index is 0.149. The van der Waals surface area contributed by atoms with E-state index in [2.05, 4.69) is 15.3 Å². The van der Waals surface area contributed by atoms with Crippen LogP contribution in [0.5, 0.6) is 0 Å². The first-order valence-corrected chi connectivity index (χ1v) is 9.30. The zero-order chi connectivity index (χ0) is 18.0. The minimum Gasteiger partial charge on any atom is -0.381 e. The Kier molecular flexibility index (Phi) is 4.87. The second kappa shape index (κ2) is 7.29. The second-order valence-electron chi connectivity index (χ2n) is 7.51. The first-order valence-electron chi connectivity index (χ1n) is 9.30. The molecule has 1 aromatic carbocycles. The van der Waals surface area contributed by atoms with Gasteiger partial charge < -0.3 is 15.8 Å². The Morgan fingerprint density at radius 2 is 2.00 bits per heavy atom. The Labute approximate surface area is 153 Å². The average Bonchev–Trinajstić information content (AvgIpc) is 2.65. The van der Waals surface area contributed by atoms with Gasteiger partial charge in [0.25, 0.3) is 0 Å². The normalized spacial score (nSPS) is 24.7. The number of nitrogens with two attached hydrogens (primary N) is 1. The van der Waals surface area contributed by atoms with Gasteiger partial charge in [-0.25, -0.2) is 14.4 Å². The van der Waals surface area contributed by atoms with Crippen LogP contribution in [0.3, 0.4) is 0 Å². The van der Waals surface area contributed by atoms with Gasteiger partial charge in [-0.3, -0.25) is 0 Å². The number of aromatic nitrogens is 2. The number of anilines is 1. The van der Waals surface area contributed by atoms with Crippen LogP contribution in [0.2, 0.25) is 0 Å². The average molecular weight is 356 g/mol. The van der Waals surface area contributed by atoms with Crippen molar-refractivity contribution in [1.29, 1.82) is 0 Å². The van der Waals surface area contributed by atoms with Crippen LogP contribution in [0.25, 0.3) is 0 Å². The molecule has 4 rings (SSSR count). The number of nitrogens with zero attached hydrogens (tertiary/aromatic N) is 2. The van der Waals surface area contributed by atoms with E-state index in [1.807, 2.05) is 12.1 Å². The topological polar surface area (TPSA) is 73.1 Å². The molecule has 1 saturated heterocycles. The van der Waals surface area contributed by atoms with Crippen LogP contribution in [0, 0.1) is 5.82 Å². The Hall–Kier alpha value is -2.05. The van der Waals surface area contributed by atoms with Gasteiger partial charge in [0.2, 0.25) is 0 Å². The molecule has 1 aliphatic carbocycles. The molecule has 1 aliphatic heterocycles. The lowest BCUT2D eigenvalue weighted by molar-refractivity contribution is 0.0542. The Bertz CT molecular complexity index is 757. The summed E-state index contributed by atoms with van der Waals surface area (Å²) in [5, 5.41) is 3.47. The molecule has 3 N–H and O–H groups in total.